The van der Waals surface area contributed by atoms with E-state index >= 15 is 0 Å². The molecule has 3 atom stereocenters. The van der Waals surface area contributed by atoms with Crippen molar-refractivity contribution >= 4 is 39.0 Å². The Morgan fingerprint density at radius 1 is 0.550 bits per heavy atom. The first-order valence-corrected chi connectivity index (χ1v) is 22.5. The van der Waals surface area contributed by atoms with Gasteiger partial charge in [-0.25, -0.2) is 0 Å². The third kappa shape index (κ3) is 5.00. The molecule has 7 aromatic carbocycles. The molecule has 4 aliphatic carbocycles. The zero-order chi connectivity index (χ0) is 40.7. The minimum absolute atomic E-state index is 0.101. The van der Waals surface area contributed by atoms with Crippen molar-refractivity contribution in [3.05, 3.63) is 173 Å². The van der Waals surface area contributed by atoms with E-state index in [9.17, 15) is 0 Å². The zero-order valence-corrected chi connectivity index (χ0v) is 35.8. The lowest BCUT2D eigenvalue weighted by Crippen LogP contribution is -2.32. The van der Waals surface area contributed by atoms with Crippen molar-refractivity contribution in [1.29, 1.82) is 0 Å². The molecule has 12 rings (SSSR count). The molecule has 60 heavy (non-hydrogen) atoms. The predicted molar refractivity (Wildman–Crippen MR) is 251 cm³/mol. The first-order valence-electron chi connectivity index (χ1n) is 22.5. The van der Waals surface area contributed by atoms with Gasteiger partial charge in [0.2, 0.25) is 0 Å². The summed E-state index contributed by atoms with van der Waals surface area (Å²) in [4.78, 5) is 2.54. The van der Waals surface area contributed by atoms with Crippen LogP contribution in [0.15, 0.2) is 144 Å². The highest BCUT2D eigenvalue weighted by molar-refractivity contribution is 6.08. The van der Waals surface area contributed by atoms with Gasteiger partial charge in [0.05, 0.1) is 0 Å². The van der Waals surface area contributed by atoms with Crippen LogP contribution < -0.4 is 4.90 Å². The number of fused-ring (bicyclic) bond motifs is 14. The summed E-state index contributed by atoms with van der Waals surface area (Å²) in [6.07, 6.45) is 5.35. The summed E-state index contributed by atoms with van der Waals surface area (Å²) in [6, 6.07) is 53.7. The van der Waals surface area contributed by atoms with Crippen molar-refractivity contribution in [2.24, 2.45) is 11.8 Å². The fourth-order valence-corrected chi connectivity index (χ4v) is 12.5. The molecule has 0 amide bonds. The van der Waals surface area contributed by atoms with E-state index in [0.29, 0.717) is 17.8 Å². The SMILES string of the molecule is CC(C)c1cc(C(C)C)c2oc3ccc(-c4cccc(N(c5ccc6c(c5)C(C)(C)c5ccccc5-6)c5ccc6c(c5)C5(CC7CCC5C7)c5ccccc5-6)c4)cc3c2c1. The average Bonchev–Trinajstić information content (AvgIpc) is 4.08. The predicted octanol–water partition coefficient (Wildman–Crippen LogP) is 16.4. The van der Waals surface area contributed by atoms with Crippen molar-refractivity contribution in [2.75, 3.05) is 4.90 Å². The Labute approximate surface area is 354 Å². The van der Waals surface area contributed by atoms with Crippen LogP contribution in [0.3, 0.4) is 0 Å². The van der Waals surface area contributed by atoms with Gasteiger partial charge in [-0.1, -0.05) is 133 Å². The molecule has 2 saturated carbocycles. The van der Waals surface area contributed by atoms with Crippen molar-refractivity contribution in [1.82, 2.24) is 0 Å². The van der Waals surface area contributed by atoms with E-state index in [1.807, 2.05) is 0 Å². The molecule has 2 nitrogen and oxygen atoms in total. The maximum atomic E-state index is 6.63. The Morgan fingerprint density at radius 2 is 1.22 bits per heavy atom. The number of benzene rings is 7. The molecule has 2 bridgehead atoms. The monoisotopic (exact) mass is 779 g/mol. The van der Waals surface area contributed by atoms with E-state index in [1.54, 1.807) is 11.1 Å². The average molecular weight is 780 g/mol. The lowest BCUT2D eigenvalue weighted by atomic mass is 9.67. The number of anilines is 3. The van der Waals surface area contributed by atoms with E-state index in [0.717, 1.165) is 17.1 Å². The molecule has 0 saturated heterocycles. The molecule has 0 N–H and O–H groups in total. The third-order valence-corrected chi connectivity index (χ3v) is 15.5. The second kappa shape index (κ2) is 12.8. The summed E-state index contributed by atoms with van der Waals surface area (Å²) in [6.45, 7) is 13.9. The van der Waals surface area contributed by atoms with Crippen LogP contribution in [0.1, 0.15) is 112 Å². The molecule has 2 fully saturated rings. The van der Waals surface area contributed by atoms with Crippen LogP contribution >= 0.6 is 0 Å². The lowest BCUT2D eigenvalue weighted by molar-refractivity contribution is 0.327. The molecule has 0 aliphatic heterocycles. The fraction of sp³-hybridized carbons (Fsp3) is 0.276. The molecule has 1 heterocycles. The highest BCUT2D eigenvalue weighted by atomic mass is 16.3. The van der Waals surface area contributed by atoms with Gasteiger partial charge in [0.25, 0.3) is 0 Å². The van der Waals surface area contributed by atoms with E-state index in [4.69, 9.17) is 4.42 Å². The van der Waals surface area contributed by atoms with Crippen LogP contribution in [0.5, 0.6) is 0 Å². The molecule has 4 aliphatic rings. The normalized spacial score (nSPS) is 20.4. The number of hydrogen-bond acceptors (Lipinski definition) is 2. The summed E-state index contributed by atoms with van der Waals surface area (Å²) in [5.74, 6) is 2.34. The highest BCUT2D eigenvalue weighted by Crippen LogP contribution is 2.66. The van der Waals surface area contributed by atoms with Gasteiger partial charge >= 0.3 is 0 Å². The van der Waals surface area contributed by atoms with Crippen LogP contribution in [-0.4, -0.2) is 0 Å². The van der Waals surface area contributed by atoms with Crippen LogP contribution in [0, 0.1) is 11.8 Å². The molecule has 1 aromatic heterocycles. The Balaban J connectivity index is 1.04. The van der Waals surface area contributed by atoms with Gasteiger partial charge in [0.15, 0.2) is 0 Å². The number of hydrogen-bond donors (Lipinski definition) is 0. The summed E-state index contributed by atoms with van der Waals surface area (Å²) in [5, 5.41) is 2.40. The number of rotatable bonds is 6. The third-order valence-electron chi connectivity index (χ3n) is 15.5. The van der Waals surface area contributed by atoms with E-state index < -0.39 is 0 Å². The van der Waals surface area contributed by atoms with Gasteiger partial charge in [0, 0.05) is 38.7 Å². The van der Waals surface area contributed by atoms with E-state index in [1.165, 1.54) is 109 Å². The Bertz CT molecular complexity index is 3070. The molecule has 1 spiro atoms. The molecular weight excluding hydrogens is 727 g/mol. The van der Waals surface area contributed by atoms with Crippen LogP contribution in [0.4, 0.5) is 17.1 Å². The van der Waals surface area contributed by atoms with Gasteiger partial charge in [0.1, 0.15) is 11.2 Å². The van der Waals surface area contributed by atoms with E-state index in [2.05, 4.69) is 186 Å². The molecule has 0 radical (unpaired) electrons. The van der Waals surface area contributed by atoms with Crippen molar-refractivity contribution in [2.45, 2.75) is 89.9 Å². The molecule has 296 valence electrons. The van der Waals surface area contributed by atoms with Crippen molar-refractivity contribution in [3.8, 4) is 33.4 Å². The van der Waals surface area contributed by atoms with Crippen LogP contribution in [0.25, 0.3) is 55.3 Å². The first kappa shape index (κ1) is 36.0. The van der Waals surface area contributed by atoms with Gasteiger partial charge in [-0.2, -0.15) is 0 Å². The maximum absolute atomic E-state index is 6.63. The molecular formula is C58H53NO. The lowest BCUT2D eigenvalue weighted by Gasteiger charge is -2.37. The van der Waals surface area contributed by atoms with E-state index in [-0.39, 0.29) is 10.8 Å². The number of furan rings is 1. The minimum Gasteiger partial charge on any atom is -0.456 e. The Morgan fingerprint density at radius 3 is 1.93 bits per heavy atom. The van der Waals surface area contributed by atoms with Gasteiger partial charge in [-0.15, -0.1) is 0 Å². The molecule has 8 aromatic rings. The quantitative estimate of drug-likeness (QED) is 0.167. The summed E-state index contributed by atoms with van der Waals surface area (Å²) in [7, 11) is 0. The second-order valence-corrected chi connectivity index (χ2v) is 19.7. The van der Waals surface area contributed by atoms with Gasteiger partial charge in [-0.05, 0) is 164 Å². The van der Waals surface area contributed by atoms with Gasteiger partial charge < -0.3 is 9.32 Å². The topological polar surface area (TPSA) is 16.4 Å². The minimum atomic E-state index is -0.101. The first-order chi connectivity index (χ1) is 29.1. The van der Waals surface area contributed by atoms with Crippen molar-refractivity contribution in [3.63, 3.8) is 0 Å². The summed E-state index contributed by atoms with van der Waals surface area (Å²) < 4.78 is 6.63. The molecule has 3 unspecified atom stereocenters. The highest BCUT2D eigenvalue weighted by Gasteiger charge is 2.56. The molecule has 2 heteroatoms. The maximum Gasteiger partial charge on any atom is 0.138 e. The summed E-state index contributed by atoms with van der Waals surface area (Å²) >= 11 is 0. The summed E-state index contributed by atoms with van der Waals surface area (Å²) in [5.41, 5.74) is 22.1. The standard InChI is InChI=1S/C58H53NO/c1-34(2)39-29-48(35(3)4)56-50(30-39)49-28-38(19-25-55(49)60-56)37-12-11-13-41(27-37)59(42-21-23-46-44-14-7-9-16-51(44)57(5,6)53(46)31-42)43-22-24-47-45-15-8-10-17-52(45)58(54(47)32-43)33-36-18-20-40(58)26-36/h7-17,19,21-25,27-32,34-36,40H,18,20,26,33H2,1-6H3. The van der Waals surface area contributed by atoms with Crippen LogP contribution in [-0.2, 0) is 10.8 Å². The second-order valence-electron chi connectivity index (χ2n) is 19.7. The number of nitrogens with zero attached hydrogens (tertiary/aromatic N) is 1. The van der Waals surface area contributed by atoms with Crippen LogP contribution in [0.2, 0.25) is 0 Å². The Hall–Kier alpha value is -5.86. The Kier molecular flexibility index (Phi) is 7.70. The smallest absolute Gasteiger partial charge is 0.138 e. The largest absolute Gasteiger partial charge is 0.456 e. The van der Waals surface area contributed by atoms with Gasteiger partial charge in [-0.3, -0.25) is 0 Å². The fourth-order valence-electron chi connectivity index (χ4n) is 12.5. The van der Waals surface area contributed by atoms with Crippen molar-refractivity contribution < 1.29 is 4.42 Å². The zero-order valence-electron chi connectivity index (χ0n) is 35.8.